The van der Waals surface area contributed by atoms with Crippen LogP contribution in [-0.2, 0) is 19.7 Å². The number of hydrogen-bond acceptors (Lipinski definition) is 3. The second-order valence-electron chi connectivity index (χ2n) is 6.57. The summed E-state index contributed by atoms with van der Waals surface area (Å²) in [4.78, 5) is 14.7. The van der Waals surface area contributed by atoms with Gasteiger partial charge in [-0.15, -0.1) is 0 Å². The van der Waals surface area contributed by atoms with Gasteiger partial charge in [-0.1, -0.05) is 17.7 Å². The molecule has 1 saturated carbocycles. The van der Waals surface area contributed by atoms with Crippen LogP contribution in [0.15, 0.2) is 18.2 Å². The summed E-state index contributed by atoms with van der Waals surface area (Å²) in [5.41, 5.74) is 3.11. The van der Waals surface area contributed by atoms with Gasteiger partial charge in [0.05, 0.1) is 18.6 Å². The van der Waals surface area contributed by atoms with E-state index < -0.39 is 5.79 Å². The number of rotatable bonds is 0. The van der Waals surface area contributed by atoms with Crippen molar-refractivity contribution in [2.45, 2.75) is 43.8 Å². The highest BCUT2D eigenvalue weighted by Crippen LogP contribution is 2.53. The molecule has 112 valence electrons. The maximum Gasteiger partial charge on any atom is 0.237 e. The number of carbonyl (C=O) groups excluding carboxylic acids is 1. The van der Waals surface area contributed by atoms with E-state index in [1.165, 1.54) is 11.1 Å². The molecule has 1 amide bonds. The van der Waals surface area contributed by atoms with Gasteiger partial charge in [0, 0.05) is 25.6 Å². The Morgan fingerprint density at radius 2 is 1.76 bits per heavy atom. The molecule has 2 fully saturated rings. The normalized spacial score (nSPS) is 25.8. The Morgan fingerprint density at radius 1 is 1.10 bits per heavy atom. The van der Waals surface area contributed by atoms with Crippen LogP contribution in [0.25, 0.3) is 0 Å². The quantitative estimate of drug-likeness (QED) is 0.736. The number of carbonyl (C=O) groups is 1. The van der Waals surface area contributed by atoms with Crippen LogP contribution in [0.2, 0.25) is 0 Å². The summed E-state index contributed by atoms with van der Waals surface area (Å²) in [7, 11) is 1.89. The fourth-order valence-electron chi connectivity index (χ4n) is 4.20. The van der Waals surface area contributed by atoms with Crippen LogP contribution >= 0.6 is 0 Å². The van der Waals surface area contributed by atoms with Crippen molar-refractivity contribution in [1.82, 2.24) is 0 Å². The molecule has 1 saturated heterocycles. The molecule has 1 aromatic rings. The molecule has 4 nitrogen and oxygen atoms in total. The van der Waals surface area contributed by atoms with Gasteiger partial charge in [-0.25, -0.2) is 0 Å². The molecule has 1 aromatic carbocycles. The van der Waals surface area contributed by atoms with E-state index in [4.69, 9.17) is 9.47 Å². The molecule has 0 bridgehead atoms. The van der Waals surface area contributed by atoms with Crippen molar-refractivity contribution >= 4 is 11.6 Å². The summed E-state index contributed by atoms with van der Waals surface area (Å²) in [6, 6.07) is 6.34. The molecule has 3 aliphatic rings. The first kappa shape index (κ1) is 13.3. The molecule has 4 rings (SSSR count). The molecule has 2 heterocycles. The second-order valence-corrected chi connectivity index (χ2v) is 6.57. The molecule has 2 spiro atoms. The monoisotopic (exact) mass is 287 g/mol. The summed E-state index contributed by atoms with van der Waals surface area (Å²) < 4.78 is 11.6. The highest BCUT2D eigenvalue weighted by Gasteiger charge is 2.55. The highest BCUT2D eigenvalue weighted by molar-refractivity contribution is 6.07. The van der Waals surface area contributed by atoms with Crippen molar-refractivity contribution in [1.29, 1.82) is 0 Å². The molecule has 0 aromatic heterocycles. The zero-order chi connectivity index (χ0) is 14.7. The van der Waals surface area contributed by atoms with Crippen LogP contribution < -0.4 is 4.90 Å². The van der Waals surface area contributed by atoms with Crippen LogP contribution in [0.4, 0.5) is 5.69 Å². The van der Waals surface area contributed by atoms with Crippen LogP contribution in [0.3, 0.4) is 0 Å². The number of aryl methyl sites for hydroxylation is 1. The lowest BCUT2D eigenvalue weighted by molar-refractivity contribution is -0.185. The Kier molecular flexibility index (Phi) is 2.72. The number of hydrogen-bond donors (Lipinski definition) is 0. The van der Waals surface area contributed by atoms with Gasteiger partial charge in [-0.3, -0.25) is 4.79 Å². The standard InChI is InChI=1S/C17H21NO3/c1-12-3-4-14-13(11-12)16(15(19)18(14)2)5-7-17(8-6-16)20-9-10-21-17/h3-4,11H,5-10H2,1-2H3. The lowest BCUT2D eigenvalue weighted by atomic mass is 9.68. The predicted octanol–water partition coefficient (Wildman–Crippen LogP) is 2.53. The zero-order valence-electron chi connectivity index (χ0n) is 12.6. The van der Waals surface area contributed by atoms with Gasteiger partial charge in [0.2, 0.25) is 5.91 Å². The van der Waals surface area contributed by atoms with Gasteiger partial charge >= 0.3 is 0 Å². The van der Waals surface area contributed by atoms with Crippen molar-refractivity contribution in [2.75, 3.05) is 25.2 Å². The first-order chi connectivity index (χ1) is 10.1. The van der Waals surface area contributed by atoms with Gasteiger partial charge in [-0.05, 0) is 31.4 Å². The van der Waals surface area contributed by atoms with Gasteiger partial charge in [0.15, 0.2) is 5.79 Å². The van der Waals surface area contributed by atoms with Crippen molar-refractivity contribution in [3.05, 3.63) is 29.3 Å². The number of ether oxygens (including phenoxy) is 2. The van der Waals surface area contributed by atoms with E-state index in [9.17, 15) is 4.79 Å². The molecule has 0 radical (unpaired) electrons. The molecule has 0 unspecified atom stereocenters. The van der Waals surface area contributed by atoms with E-state index in [0.29, 0.717) is 13.2 Å². The van der Waals surface area contributed by atoms with Gasteiger partial charge in [0.25, 0.3) is 0 Å². The summed E-state index contributed by atoms with van der Waals surface area (Å²) >= 11 is 0. The largest absolute Gasteiger partial charge is 0.348 e. The maximum absolute atomic E-state index is 12.9. The number of amides is 1. The Balaban J connectivity index is 1.72. The van der Waals surface area contributed by atoms with E-state index in [-0.39, 0.29) is 11.3 Å². The number of fused-ring (bicyclic) bond motifs is 2. The third-order valence-electron chi connectivity index (χ3n) is 5.42. The van der Waals surface area contributed by atoms with E-state index in [1.54, 1.807) is 0 Å². The van der Waals surface area contributed by atoms with Gasteiger partial charge < -0.3 is 14.4 Å². The smallest absolute Gasteiger partial charge is 0.237 e. The maximum atomic E-state index is 12.9. The van der Waals surface area contributed by atoms with E-state index >= 15 is 0 Å². The van der Waals surface area contributed by atoms with Crippen LogP contribution in [-0.4, -0.2) is 32.0 Å². The van der Waals surface area contributed by atoms with E-state index in [1.807, 2.05) is 11.9 Å². The molecule has 4 heteroatoms. The number of benzene rings is 1. The summed E-state index contributed by atoms with van der Waals surface area (Å²) in [5, 5.41) is 0. The minimum absolute atomic E-state index is 0.232. The second kappa shape index (κ2) is 4.31. The minimum atomic E-state index is -0.420. The zero-order valence-corrected chi connectivity index (χ0v) is 12.6. The van der Waals surface area contributed by atoms with Crippen LogP contribution in [0.1, 0.15) is 36.8 Å². The third kappa shape index (κ3) is 1.72. The molecular formula is C17H21NO3. The van der Waals surface area contributed by atoms with Crippen molar-refractivity contribution in [3.8, 4) is 0 Å². The SMILES string of the molecule is Cc1ccc2c(c1)C1(CCC3(CC1)OCCO3)C(=O)N2C. The van der Waals surface area contributed by atoms with Crippen LogP contribution in [0, 0.1) is 6.92 Å². The first-order valence-electron chi connectivity index (χ1n) is 7.74. The topological polar surface area (TPSA) is 38.8 Å². The Hall–Kier alpha value is -1.39. The lowest BCUT2D eigenvalue weighted by Crippen LogP contribution is -2.47. The molecule has 21 heavy (non-hydrogen) atoms. The average molecular weight is 287 g/mol. The van der Waals surface area contributed by atoms with Crippen molar-refractivity contribution in [3.63, 3.8) is 0 Å². The number of nitrogens with zero attached hydrogens (tertiary/aromatic N) is 1. The van der Waals surface area contributed by atoms with Crippen molar-refractivity contribution in [2.24, 2.45) is 0 Å². The Bertz CT molecular complexity index is 594. The average Bonchev–Trinajstić information content (AvgIpc) is 3.02. The number of likely N-dealkylation sites (N-methyl/N-ethyl adjacent to an activating group) is 1. The number of anilines is 1. The Labute approximate surface area is 125 Å². The summed E-state index contributed by atoms with van der Waals surface area (Å²) in [6.07, 6.45) is 3.24. The predicted molar refractivity (Wildman–Crippen MR) is 79.4 cm³/mol. The molecular weight excluding hydrogens is 266 g/mol. The lowest BCUT2D eigenvalue weighted by Gasteiger charge is -2.40. The molecule has 2 aliphatic heterocycles. The fourth-order valence-corrected chi connectivity index (χ4v) is 4.20. The van der Waals surface area contributed by atoms with Crippen molar-refractivity contribution < 1.29 is 14.3 Å². The highest BCUT2D eigenvalue weighted by atomic mass is 16.7. The fraction of sp³-hybridized carbons (Fsp3) is 0.588. The molecule has 0 atom stereocenters. The summed E-state index contributed by atoms with van der Waals surface area (Å²) in [6.45, 7) is 3.44. The Morgan fingerprint density at radius 3 is 2.43 bits per heavy atom. The molecule has 0 N–H and O–H groups in total. The van der Waals surface area contributed by atoms with E-state index in [2.05, 4.69) is 25.1 Å². The minimum Gasteiger partial charge on any atom is -0.348 e. The first-order valence-corrected chi connectivity index (χ1v) is 7.74. The third-order valence-corrected chi connectivity index (χ3v) is 5.42. The van der Waals surface area contributed by atoms with Crippen LogP contribution in [0.5, 0.6) is 0 Å². The van der Waals surface area contributed by atoms with E-state index in [0.717, 1.165) is 31.4 Å². The summed E-state index contributed by atoms with van der Waals surface area (Å²) in [5.74, 6) is -0.188. The van der Waals surface area contributed by atoms with Gasteiger partial charge in [-0.2, -0.15) is 0 Å². The molecule has 1 aliphatic carbocycles. The van der Waals surface area contributed by atoms with Gasteiger partial charge in [0.1, 0.15) is 0 Å².